The van der Waals surface area contributed by atoms with Crippen LogP contribution in [-0.2, 0) is 26.1 Å². The van der Waals surface area contributed by atoms with E-state index in [0.717, 1.165) is 49.1 Å². The van der Waals surface area contributed by atoms with Crippen LogP contribution < -0.4 is 4.74 Å². The van der Waals surface area contributed by atoms with E-state index in [2.05, 4.69) is 47.8 Å². The van der Waals surface area contributed by atoms with Gasteiger partial charge in [-0.05, 0) is 26.0 Å². The molecule has 1 aliphatic rings. The van der Waals surface area contributed by atoms with Crippen molar-refractivity contribution in [1.82, 2.24) is 34.8 Å². The van der Waals surface area contributed by atoms with Crippen LogP contribution in [0.25, 0.3) is 0 Å². The molecule has 4 rings (SSSR count). The average molecular weight is 353 g/mol. The molecule has 1 N–H and O–H groups in total. The molecule has 0 bridgehead atoms. The van der Waals surface area contributed by atoms with Gasteiger partial charge in [0.15, 0.2) is 5.82 Å². The van der Waals surface area contributed by atoms with Crippen molar-refractivity contribution in [2.24, 2.45) is 0 Å². The molecule has 8 heteroatoms. The van der Waals surface area contributed by atoms with E-state index in [-0.39, 0.29) is 0 Å². The Bertz CT molecular complexity index is 858. The van der Waals surface area contributed by atoms with Gasteiger partial charge in [0, 0.05) is 50.1 Å². The van der Waals surface area contributed by atoms with E-state index in [1.54, 1.807) is 6.20 Å². The Hall–Kier alpha value is -2.74. The predicted octanol–water partition coefficient (Wildman–Crippen LogP) is 1.73. The summed E-state index contributed by atoms with van der Waals surface area (Å²) in [6.45, 7) is 7.23. The summed E-state index contributed by atoms with van der Waals surface area (Å²) < 4.78 is 7.92. The van der Waals surface area contributed by atoms with Crippen LogP contribution in [0.4, 0.5) is 0 Å². The van der Waals surface area contributed by atoms with Gasteiger partial charge in [-0.15, -0.1) is 10.2 Å². The van der Waals surface area contributed by atoms with E-state index in [1.807, 2.05) is 25.1 Å². The topological polar surface area (TPSA) is 84.8 Å². The number of aromatic nitrogens is 6. The van der Waals surface area contributed by atoms with Crippen molar-refractivity contribution in [3.63, 3.8) is 0 Å². The number of nitrogens with one attached hydrogen (secondary N) is 1. The van der Waals surface area contributed by atoms with Crippen molar-refractivity contribution >= 4 is 0 Å². The van der Waals surface area contributed by atoms with Crippen LogP contribution in [0.5, 0.6) is 5.88 Å². The molecule has 0 spiro atoms. The number of aromatic amines is 1. The Labute approximate surface area is 152 Å². The van der Waals surface area contributed by atoms with Crippen molar-refractivity contribution in [1.29, 1.82) is 0 Å². The first kappa shape index (κ1) is 16.7. The minimum absolute atomic E-state index is 0.372. The number of ether oxygens (including phenoxy) is 1. The second-order valence-corrected chi connectivity index (χ2v) is 6.71. The van der Waals surface area contributed by atoms with Crippen LogP contribution in [-0.4, -0.2) is 47.4 Å². The highest BCUT2D eigenvalue weighted by molar-refractivity contribution is 5.10. The van der Waals surface area contributed by atoms with Gasteiger partial charge >= 0.3 is 0 Å². The van der Waals surface area contributed by atoms with Gasteiger partial charge in [0.05, 0.1) is 5.69 Å². The van der Waals surface area contributed by atoms with E-state index in [9.17, 15) is 0 Å². The van der Waals surface area contributed by atoms with Crippen LogP contribution >= 0.6 is 0 Å². The standard InChI is InChI=1S/C18H23N7O/c1-13-9-15(21-20-13)11-24-7-8-25-16(10-14(24)2)22-23-17(25)12-26-18-5-3-4-6-19-18/h3-6,9,14H,7-8,10-12H2,1-2H3,(H,20,21)/t14-/m0/s1. The molecule has 136 valence electrons. The minimum Gasteiger partial charge on any atom is -0.469 e. The lowest BCUT2D eigenvalue weighted by atomic mass is 10.2. The highest BCUT2D eigenvalue weighted by atomic mass is 16.5. The summed E-state index contributed by atoms with van der Waals surface area (Å²) in [6, 6.07) is 8.09. The zero-order valence-electron chi connectivity index (χ0n) is 15.1. The zero-order valence-corrected chi connectivity index (χ0v) is 15.1. The number of pyridine rings is 1. The summed E-state index contributed by atoms with van der Waals surface area (Å²) in [4.78, 5) is 6.62. The molecule has 0 radical (unpaired) electrons. The molecule has 1 aliphatic heterocycles. The molecular weight excluding hydrogens is 330 g/mol. The van der Waals surface area contributed by atoms with Crippen molar-refractivity contribution in [3.8, 4) is 5.88 Å². The predicted molar refractivity (Wildman–Crippen MR) is 95.5 cm³/mol. The Morgan fingerprint density at radius 2 is 2.19 bits per heavy atom. The normalized spacial score (nSPS) is 17.7. The number of rotatable bonds is 5. The minimum atomic E-state index is 0.372. The maximum absolute atomic E-state index is 5.75. The third kappa shape index (κ3) is 3.60. The monoisotopic (exact) mass is 353 g/mol. The molecule has 0 unspecified atom stereocenters. The van der Waals surface area contributed by atoms with Crippen molar-refractivity contribution in [3.05, 3.63) is 53.5 Å². The Kier molecular flexibility index (Phi) is 4.66. The number of fused-ring (bicyclic) bond motifs is 1. The molecule has 3 aromatic heterocycles. The van der Waals surface area contributed by atoms with E-state index in [1.165, 1.54) is 0 Å². The maximum atomic E-state index is 5.75. The number of nitrogens with zero attached hydrogens (tertiary/aromatic N) is 6. The zero-order chi connectivity index (χ0) is 17.9. The number of aryl methyl sites for hydroxylation is 1. The van der Waals surface area contributed by atoms with Crippen molar-refractivity contribution in [2.75, 3.05) is 6.54 Å². The molecule has 0 fully saturated rings. The number of hydrogen-bond acceptors (Lipinski definition) is 6. The van der Waals surface area contributed by atoms with Crippen molar-refractivity contribution < 1.29 is 4.74 Å². The quantitative estimate of drug-likeness (QED) is 0.752. The van der Waals surface area contributed by atoms with Gasteiger partial charge in [0.1, 0.15) is 12.4 Å². The fraction of sp³-hybridized carbons (Fsp3) is 0.444. The lowest BCUT2D eigenvalue weighted by Crippen LogP contribution is -2.34. The fourth-order valence-corrected chi connectivity index (χ4v) is 3.30. The summed E-state index contributed by atoms with van der Waals surface area (Å²) in [6.07, 6.45) is 2.58. The average Bonchev–Trinajstić information content (AvgIpc) is 3.19. The van der Waals surface area contributed by atoms with Gasteiger partial charge in [0.25, 0.3) is 0 Å². The Morgan fingerprint density at radius 1 is 1.27 bits per heavy atom. The van der Waals surface area contributed by atoms with Crippen LogP contribution in [0.15, 0.2) is 30.5 Å². The van der Waals surface area contributed by atoms with Gasteiger partial charge < -0.3 is 9.30 Å². The summed E-state index contributed by atoms with van der Waals surface area (Å²) in [5.74, 6) is 2.45. The highest BCUT2D eigenvalue weighted by Crippen LogP contribution is 2.18. The first-order valence-corrected chi connectivity index (χ1v) is 8.89. The summed E-state index contributed by atoms with van der Waals surface area (Å²) in [5, 5.41) is 16.1. The van der Waals surface area contributed by atoms with Crippen LogP contribution in [0.1, 0.15) is 30.0 Å². The largest absolute Gasteiger partial charge is 0.469 e. The second kappa shape index (κ2) is 7.25. The SMILES string of the molecule is Cc1cc(CN2CCn3c(COc4ccccn4)nnc3C[C@@H]2C)n[nH]1. The van der Waals surface area contributed by atoms with E-state index < -0.39 is 0 Å². The van der Waals surface area contributed by atoms with Gasteiger partial charge in [0.2, 0.25) is 5.88 Å². The lowest BCUT2D eigenvalue weighted by molar-refractivity contribution is 0.198. The third-order valence-electron chi connectivity index (χ3n) is 4.73. The van der Waals surface area contributed by atoms with E-state index in [0.29, 0.717) is 18.5 Å². The molecule has 3 aromatic rings. The Morgan fingerprint density at radius 3 is 2.96 bits per heavy atom. The molecule has 26 heavy (non-hydrogen) atoms. The van der Waals surface area contributed by atoms with Gasteiger partial charge in [-0.3, -0.25) is 10.00 Å². The summed E-state index contributed by atoms with van der Waals surface area (Å²) >= 11 is 0. The first-order chi connectivity index (χ1) is 12.7. The molecule has 0 aliphatic carbocycles. The second-order valence-electron chi connectivity index (χ2n) is 6.71. The van der Waals surface area contributed by atoms with Crippen molar-refractivity contribution in [2.45, 2.75) is 46.0 Å². The first-order valence-electron chi connectivity index (χ1n) is 8.89. The van der Waals surface area contributed by atoms with E-state index in [4.69, 9.17) is 4.74 Å². The van der Waals surface area contributed by atoms with Crippen LogP contribution in [0.3, 0.4) is 0 Å². The summed E-state index contributed by atoms with van der Waals surface area (Å²) in [5.41, 5.74) is 2.17. The van der Waals surface area contributed by atoms with Crippen LogP contribution in [0.2, 0.25) is 0 Å². The molecule has 0 saturated heterocycles. The smallest absolute Gasteiger partial charge is 0.213 e. The molecule has 0 saturated carbocycles. The van der Waals surface area contributed by atoms with Gasteiger partial charge in [-0.2, -0.15) is 5.10 Å². The highest BCUT2D eigenvalue weighted by Gasteiger charge is 2.24. The number of hydrogen-bond donors (Lipinski definition) is 1. The molecule has 8 nitrogen and oxygen atoms in total. The van der Waals surface area contributed by atoms with Gasteiger partial charge in [-0.25, -0.2) is 4.98 Å². The molecular formula is C18H23N7O. The van der Waals surface area contributed by atoms with Crippen LogP contribution in [0, 0.1) is 6.92 Å². The number of H-pyrrole nitrogens is 1. The lowest BCUT2D eigenvalue weighted by Gasteiger charge is -2.25. The molecule has 4 heterocycles. The Balaban J connectivity index is 1.44. The molecule has 0 amide bonds. The third-order valence-corrected chi connectivity index (χ3v) is 4.73. The van der Waals surface area contributed by atoms with Gasteiger partial charge in [-0.1, -0.05) is 6.07 Å². The maximum Gasteiger partial charge on any atom is 0.213 e. The molecule has 0 aromatic carbocycles. The summed E-state index contributed by atoms with van der Waals surface area (Å²) in [7, 11) is 0. The van der Waals surface area contributed by atoms with E-state index >= 15 is 0 Å². The molecule has 1 atom stereocenters. The fourth-order valence-electron chi connectivity index (χ4n) is 3.30.